The van der Waals surface area contributed by atoms with Crippen LogP contribution in [0.25, 0.3) is 16.7 Å². The normalized spacial score (nSPS) is 11.8. The summed E-state index contributed by atoms with van der Waals surface area (Å²) < 4.78 is 27.9. The number of carbonyl (C=O) groups is 2. The maximum atomic E-state index is 14.5. The summed E-state index contributed by atoms with van der Waals surface area (Å²) in [6.45, 7) is 1.58. The molecule has 0 saturated heterocycles. The van der Waals surface area contributed by atoms with Gasteiger partial charge in [0.25, 0.3) is 11.5 Å². The SMILES string of the molecule is CCOC(=O)c1cc2c(=O)n3ccccc3nc2n(Cc2ccco2)c1=NC(=O)c1c(F)cccc1Cl. The third kappa shape index (κ3) is 4.43. The monoisotopic (exact) mass is 520 g/mol. The van der Waals surface area contributed by atoms with Crippen molar-refractivity contribution in [2.45, 2.75) is 13.5 Å². The van der Waals surface area contributed by atoms with E-state index in [-0.39, 0.29) is 40.3 Å². The highest BCUT2D eigenvalue weighted by Crippen LogP contribution is 2.20. The lowest BCUT2D eigenvalue weighted by molar-refractivity contribution is 0.0523. The van der Waals surface area contributed by atoms with Crippen LogP contribution < -0.4 is 11.0 Å². The van der Waals surface area contributed by atoms with E-state index in [2.05, 4.69) is 9.98 Å². The Balaban J connectivity index is 1.92. The molecule has 0 bridgehead atoms. The maximum Gasteiger partial charge on any atom is 0.341 e. The summed E-state index contributed by atoms with van der Waals surface area (Å²) in [4.78, 5) is 48.3. The molecule has 4 heterocycles. The van der Waals surface area contributed by atoms with Crippen molar-refractivity contribution in [1.29, 1.82) is 0 Å². The van der Waals surface area contributed by atoms with Gasteiger partial charge in [0.05, 0.1) is 35.4 Å². The van der Waals surface area contributed by atoms with Gasteiger partial charge in [-0.15, -0.1) is 0 Å². The summed E-state index contributed by atoms with van der Waals surface area (Å²) >= 11 is 6.09. The molecule has 9 nitrogen and oxygen atoms in total. The Morgan fingerprint density at radius 3 is 2.73 bits per heavy atom. The maximum absolute atomic E-state index is 14.5. The number of benzene rings is 1. The molecular formula is C26H18ClFN4O5. The molecule has 0 atom stereocenters. The van der Waals surface area contributed by atoms with Gasteiger partial charge in [0, 0.05) is 6.20 Å². The number of carbonyl (C=O) groups excluding carboxylic acids is 2. The predicted molar refractivity (Wildman–Crippen MR) is 132 cm³/mol. The zero-order valence-corrected chi connectivity index (χ0v) is 20.1. The van der Waals surface area contributed by atoms with Crippen LogP contribution in [0.4, 0.5) is 4.39 Å². The highest BCUT2D eigenvalue weighted by molar-refractivity contribution is 6.33. The zero-order valence-electron chi connectivity index (χ0n) is 19.4. The topological polar surface area (TPSA) is 108 Å². The molecule has 37 heavy (non-hydrogen) atoms. The molecule has 0 aliphatic heterocycles. The van der Waals surface area contributed by atoms with Gasteiger partial charge in [-0.3, -0.25) is 14.0 Å². The minimum atomic E-state index is -1.03. The number of esters is 1. The first kappa shape index (κ1) is 24.1. The van der Waals surface area contributed by atoms with Crippen LogP contribution >= 0.6 is 11.6 Å². The first-order valence-electron chi connectivity index (χ1n) is 11.2. The van der Waals surface area contributed by atoms with Gasteiger partial charge < -0.3 is 13.7 Å². The summed E-state index contributed by atoms with van der Waals surface area (Å²) in [5.41, 5.74) is -0.835. The largest absolute Gasteiger partial charge is 0.467 e. The minimum Gasteiger partial charge on any atom is -0.467 e. The number of hydrogen-bond donors (Lipinski definition) is 0. The van der Waals surface area contributed by atoms with Crippen molar-refractivity contribution in [2.75, 3.05) is 6.61 Å². The predicted octanol–water partition coefficient (Wildman–Crippen LogP) is 4.00. The lowest BCUT2D eigenvalue weighted by Crippen LogP contribution is -2.33. The molecular weight excluding hydrogens is 503 g/mol. The standard InChI is InChI=1S/C26H18ClFN4O5/c1-2-36-26(35)17-13-16-22(29-20-10-3-4-11-31(20)25(16)34)32(14-15-7-6-12-37-15)23(17)30-24(33)21-18(27)8-5-9-19(21)28/h3-13H,2,14H2,1H3. The fourth-order valence-corrected chi connectivity index (χ4v) is 4.16. The van der Waals surface area contributed by atoms with Crippen LogP contribution in [0, 0.1) is 5.82 Å². The molecule has 5 aromatic rings. The number of hydrogen-bond acceptors (Lipinski definition) is 6. The molecule has 186 valence electrons. The number of rotatable bonds is 5. The second kappa shape index (κ2) is 9.82. The summed E-state index contributed by atoms with van der Waals surface area (Å²) in [6, 6.07) is 13.4. The molecule has 1 aromatic carbocycles. The summed E-state index contributed by atoms with van der Waals surface area (Å²) in [6.07, 6.45) is 3.00. The Morgan fingerprint density at radius 1 is 1.16 bits per heavy atom. The number of fused-ring (bicyclic) bond motifs is 2. The number of aromatic nitrogens is 3. The van der Waals surface area contributed by atoms with E-state index in [1.807, 2.05) is 0 Å². The minimum absolute atomic E-state index is 0.0243. The number of furan rings is 1. The van der Waals surface area contributed by atoms with E-state index in [0.717, 1.165) is 6.07 Å². The van der Waals surface area contributed by atoms with Gasteiger partial charge >= 0.3 is 5.97 Å². The summed E-state index contributed by atoms with van der Waals surface area (Å²) in [5, 5.41) is -0.0687. The lowest BCUT2D eigenvalue weighted by Gasteiger charge is -2.14. The van der Waals surface area contributed by atoms with Crippen molar-refractivity contribution in [2.24, 2.45) is 4.99 Å². The van der Waals surface area contributed by atoms with Crippen LogP contribution in [0.3, 0.4) is 0 Å². The van der Waals surface area contributed by atoms with Crippen LogP contribution in [-0.2, 0) is 11.3 Å². The van der Waals surface area contributed by atoms with Gasteiger partial charge in [-0.1, -0.05) is 23.7 Å². The molecule has 5 rings (SSSR count). The fraction of sp³-hybridized carbons (Fsp3) is 0.115. The average molecular weight is 521 g/mol. The van der Waals surface area contributed by atoms with Crippen LogP contribution in [0.2, 0.25) is 5.02 Å². The Labute approximate surface area is 213 Å². The van der Waals surface area contributed by atoms with Gasteiger partial charge in [-0.05, 0) is 49.4 Å². The Morgan fingerprint density at radius 2 is 2.00 bits per heavy atom. The molecule has 4 aromatic heterocycles. The van der Waals surface area contributed by atoms with Gasteiger partial charge in [-0.25, -0.2) is 14.2 Å². The summed E-state index contributed by atoms with van der Waals surface area (Å²) in [5.74, 6) is -2.31. The number of amides is 1. The van der Waals surface area contributed by atoms with Crippen molar-refractivity contribution in [3.05, 3.63) is 111 Å². The van der Waals surface area contributed by atoms with Crippen LogP contribution in [0.1, 0.15) is 33.4 Å². The highest BCUT2D eigenvalue weighted by Gasteiger charge is 2.22. The van der Waals surface area contributed by atoms with E-state index >= 15 is 0 Å². The second-order valence-corrected chi connectivity index (χ2v) is 8.27. The van der Waals surface area contributed by atoms with Crippen LogP contribution in [-0.4, -0.2) is 32.4 Å². The molecule has 1 amide bonds. The van der Waals surface area contributed by atoms with E-state index in [0.29, 0.717) is 11.4 Å². The third-order valence-electron chi connectivity index (χ3n) is 5.56. The Bertz CT molecular complexity index is 1790. The van der Waals surface area contributed by atoms with E-state index in [1.165, 1.54) is 33.4 Å². The van der Waals surface area contributed by atoms with E-state index in [4.69, 9.17) is 20.8 Å². The van der Waals surface area contributed by atoms with E-state index in [9.17, 15) is 18.8 Å². The molecule has 0 saturated carbocycles. The second-order valence-electron chi connectivity index (χ2n) is 7.86. The molecule has 0 aliphatic carbocycles. The van der Waals surface area contributed by atoms with Crippen molar-refractivity contribution >= 4 is 40.2 Å². The summed E-state index contributed by atoms with van der Waals surface area (Å²) in [7, 11) is 0. The Kier molecular flexibility index (Phi) is 6.41. The van der Waals surface area contributed by atoms with Crippen molar-refractivity contribution in [3.63, 3.8) is 0 Å². The number of nitrogens with zero attached hydrogens (tertiary/aromatic N) is 4. The number of pyridine rings is 2. The highest BCUT2D eigenvalue weighted by atomic mass is 35.5. The smallest absolute Gasteiger partial charge is 0.341 e. The van der Waals surface area contributed by atoms with Gasteiger partial charge in [-0.2, -0.15) is 4.99 Å². The molecule has 0 radical (unpaired) electrons. The van der Waals surface area contributed by atoms with E-state index in [1.54, 1.807) is 43.5 Å². The van der Waals surface area contributed by atoms with Crippen molar-refractivity contribution in [1.82, 2.24) is 14.0 Å². The first-order chi connectivity index (χ1) is 17.9. The molecule has 0 fully saturated rings. The quantitative estimate of drug-likeness (QED) is 0.256. The molecule has 0 spiro atoms. The van der Waals surface area contributed by atoms with Crippen LogP contribution in [0.5, 0.6) is 0 Å². The average Bonchev–Trinajstić information content (AvgIpc) is 3.39. The van der Waals surface area contributed by atoms with Crippen molar-refractivity contribution < 1.29 is 23.1 Å². The van der Waals surface area contributed by atoms with Gasteiger partial charge in [0.2, 0.25) is 0 Å². The third-order valence-corrected chi connectivity index (χ3v) is 5.88. The zero-order chi connectivity index (χ0) is 26.1. The Hall–Kier alpha value is -4.57. The molecule has 11 heteroatoms. The van der Waals surface area contributed by atoms with Gasteiger partial charge in [0.1, 0.15) is 28.4 Å². The van der Waals surface area contributed by atoms with Crippen LogP contribution in [0.15, 0.2) is 81.3 Å². The lowest BCUT2D eigenvalue weighted by atomic mass is 10.2. The number of ether oxygens (including phenoxy) is 1. The van der Waals surface area contributed by atoms with E-state index < -0.39 is 28.8 Å². The molecule has 0 unspecified atom stereocenters. The number of halogens is 2. The first-order valence-corrected chi connectivity index (χ1v) is 11.5. The molecule has 0 N–H and O–H groups in total. The molecule has 0 aliphatic rings. The fourth-order valence-electron chi connectivity index (χ4n) is 3.92. The van der Waals surface area contributed by atoms with Gasteiger partial charge in [0.15, 0.2) is 5.49 Å². The van der Waals surface area contributed by atoms with Crippen molar-refractivity contribution in [3.8, 4) is 0 Å².